The lowest BCUT2D eigenvalue weighted by atomic mass is 9.77. The Hall–Kier alpha value is -2.76. The number of hydrogen-bond acceptors (Lipinski definition) is 5. The van der Waals surface area contributed by atoms with Crippen molar-refractivity contribution in [3.63, 3.8) is 0 Å². The molecule has 0 atom stereocenters. The van der Waals surface area contributed by atoms with Crippen molar-refractivity contribution in [2.75, 3.05) is 0 Å². The summed E-state index contributed by atoms with van der Waals surface area (Å²) < 4.78 is 8.04. The van der Waals surface area contributed by atoms with Crippen LogP contribution in [0.4, 0.5) is 0 Å². The van der Waals surface area contributed by atoms with Crippen molar-refractivity contribution in [3.8, 4) is 0 Å². The van der Waals surface area contributed by atoms with Crippen LogP contribution in [-0.2, 0) is 16.2 Å². The predicted octanol–water partition coefficient (Wildman–Crippen LogP) is 6.72. The van der Waals surface area contributed by atoms with Crippen molar-refractivity contribution in [1.82, 2.24) is 24.3 Å². The third-order valence-electron chi connectivity index (χ3n) is 6.61. The third-order valence-corrected chi connectivity index (χ3v) is 6.61. The average Bonchev–Trinajstić information content (AvgIpc) is 3.35. The molecule has 4 aromatic heterocycles. The summed E-state index contributed by atoms with van der Waals surface area (Å²) in [6, 6.07) is 4.29. The largest absolute Gasteiger partial charge is 0.437 e. The van der Waals surface area contributed by atoms with Crippen molar-refractivity contribution in [2.45, 2.75) is 97.3 Å². The zero-order chi connectivity index (χ0) is 24.2. The first kappa shape index (κ1) is 23.4. The molecule has 0 radical (unpaired) electrons. The van der Waals surface area contributed by atoms with E-state index >= 15 is 0 Å². The van der Waals surface area contributed by atoms with E-state index in [9.17, 15) is 0 Å². The van der Waals surface area contributed by atoms with Crippen LogP contribution in [0.2, 0.25) is 0 Å². The van der Waals surface area contributed by atoms with Gasteiger partial charge in [-0.2, -0.15) is 4.98 Å². The van der Waals surface area contributed by atoms with Crippen molar-refractivity contribution in [1.29, 1.82) is 0 Å². The molecule has 0 unspecified atom stereocenters. The molecule has 0 amide bonds. The van der Waals surface area contributed by atoms with Gasteiger partial charge in [-0.15, -0.1) is 0 Å². The van der Waals surface area contributed by atoms with E-state index < -0.39 is 0 Å². The number of rotatable bonds is 6. The van der Waals surface area contributed by atoms with Crippen molar-refractivity contribution in [3.05, 3.63) is 53.7 Å². The highest BCUT2D eigenvalue weighted by Gasteiger charge is 2.31. The molecule has 0 aromatic carbocycles. The van der Waals surface area contributed by atoms with Crippen molar-refractivity contribution >= 4 is 16.9 Å². The standard InChI is InChI=1S/C27H37N5O/c1-17(2)18-10-11-21-29-20(16-32(21)15-18)26(6,7)12-13-27(8,9)23-28-14-19-22(30-23)31-24(33-19)25(3,4)5/h10-11,14-17H,12-13H2,1-9H3. The van der Waals surface area contributed by atoms with Crippen molar-refractivity contribution in [2.24, 2.45) is 0 Å². The normalized spacial score (nSPS) is 13.5. The fraction of sp³-hybridized carbons (Fsp3) is 0.556. The zero-order valence-electron chi connectivity index (χ0n) is 21.5. The molecule has 0 aliphatic carbocycles. The Bertz CT molecular complexity index is 1290. The van der Waals surface area contributed by atoms with Crippen LogP contribution >= 0.6 is 0 Å². The third kappa shape index (κ3) is 4.66. The lowest BCUT2D eigenvalue weighted by Gasteiger charge is -2.29. The summed E-state index contributed by atoms with van der Waals surface area (Å²) in [5.41, 5.74) is 4.28. The molecule has 33 heavy (non-hydrogen) atoms. The Morgan fingerprint density at radius 2 is 1.58 bits per heavy atom. The number of pyridine rings is 1. The topological polar surface area (TPSA) is 69.1 Å². The van der Waals surface area contributed by atoms with Gasteiger partial charge in [0.05, 0.1) is 11.9 Å². The first-order chi connectivity index (χ1) is 15.3. The SMILES string of the molecule is CC(C)c1ccc2nc(C(C)(C)CCC(C)(C)c3ncc4oc(C(C)(C)C)nc4n3)cn2c1. The summed E-state index contributed by atoms with van der Waals surface area (Å²) in [5, 5.41) is 0. The minimum Gasteiger partial charge on any atom is -0.437 e. The van der Waals surface area contributed by atoms with Crippen LogP contribution < -0.4 is 0 Å². The van der Waals surface area contributed by atoms with Gasteiger partial charge in [0.2, 0.25) is 11.5 Å². The van der Waals surface area contributed by atoms with Gasteiger partial charge >= 0.3 is 0 Å². The van der Waals surface area contributed by atoms with E-state index in [1.54, 1.807) is 6.20 Å². The van der Waals surface area contributed by atoms with Crippen LogP contribution in [0.15, 0.2) is 35.1 Å². The van der Waals surface area contributed by atoms with Gasteiger partial charge in [-0.3, -0.25) is 0 Å². The van der Waals surface area contributed by atoms with Gasteiger partial charge in [-0.05, 0) is 30.4 Å². The summed E-state index contributed by atoms with van der Waals surface area (Å²) in [6.45, 7) is 19.6. The molecule has 0 aliphatic rings. The second kappa shape index (κ2) is 7.93. The quantitative estimate of drug-likeness (QED) is 0.328. The highest BCUT2D eigenvalue weighted by Crippen LogP contribution is 2.35. The molecule has 0 fully saturated rings. The molecule has 176 valence electrons. The number of hydrogen-bond donors (Lipinski definition) is 0. The van der Waals surface area contributed by atoms with E-state index in [4.69, 9.17) is 14.4 Å². The molecular formula is C27H37N5O. The molecule has 0 bridgehead atoms. The Balaban J connectivity index is 1.55. The van der Waals surface area contributed by atoms with E-state index in [-0.39, 0.29) is 16.2 Å². The molecule has 4 aromatic rings. The van der Waals surface area contributed by atoms with Crippen LogP contribution in [0.5, 0.6) is 0 Å². The van der Waals surface area contributed by atoms with Crippen molar-refractivity contribution < 1.29 is 4.42 Å². The number of aromatic nitrogens is 5. The molecule has 0 saturated heterocycles. The summed E-state index contributed by atoms with van der Waals surface area (Å²) in [5.74, 6) is 1.99. The first-order valence-electron chi connectivity index (χ1n) is 11.9. The maximum atomic E-state index is 5.88. The van der Waals surface area contributed by atoms with Crippen LogP contribution in [0.1, 0.15) is 104 Å². The van der Waals surface area contributed by atoms with Gasteiger partial charge in [0.1, 0.15) is 11.5 Å². The van der Waals surface area contributed by atoms with Gasteiger partial charge < -0.3 is 8.82 Å². The van der Waals surface area contributed by atoms with Gasteiger partial charge in [0.25, 0.3) is 0 Å². The first-order valence-corrected chi connectivity index (χ1v) is 11.9. The fourth-order valence-corrected chi connectivity index (χ4v) is 3.93. The summed E-state index contributed by atoms with van der Waals surface area (Å²) >= 11 is 0. The van der Waals surface area contributed by atoms with E-state index in [1.807, 2.05) is 0 Å². The lowest BCUT2D eigenvalue weighted by Crippen LogP contribution is -2.26. The molecule has 0 aliphatic heterocycles. The zero-order valence-corrected chi connectivity index (χ0v) is 21.5. The van der Waals surface area contributed by atoms with Gasteiger partial charge in [0.15, 0.2) is 5.58 Å². The summed E-state index contributed by atoms with van der Waals surface area (Å²) in [4.78, 5) is 19.0. The molecule has 0 spiro atoms. The molecule has 4 rings (SSSR count). The number of imidazole rings is 1. The fourth-order valence-electron chi connectivity index (χ4n) is 3.93. The van der Waals surface area contributed by atoms with Crippen LogP contribution in [0.3, 0.4) is 0 Å². The molecule has 6 heteroatoms. The van der Waals surface area contributed by atoms with E-state index in [0.717, 1.165) is 30.0 Å². The summed E-state index contributed by atoms with van der Waals surface area (Å²) in [6.07, 6.45) is 8.04. The van der Waals surface area contributed by atoms with Gasteiger partial charge in [0, 0.05) is 28.6 Å². The van der Waals surface area contributed by atoms with Crippen LogP contribution in [-0.4, -0.2) is 24.3 Å². The molecular weight excluding hydrogens is 410 g/mol. The second-order valence-electron chi connectivity index (χ2n) is 11.9. The summed E-state index contributed by atoms with van der Waals surface area (Å²) in [7, 11) is 0. The van der Waals surface area contributed by atoms with E-state index in [1.165, 1.54) is 5.56 Å². The Morgan fingerprint density at radius 3 is 2.24 bits per heavy atom. The van der Waals surface area contributed by atoms with Gasteiger partial charge in [-0.1, -0.05) is 68.4 Å². The minimum absolute atomic E-state index is 0.0708. The number of fused-ring (bicyclic) bond motifs is 2. The highest BCUT2D eigenvalue weighted by molar-refractivity contribution is 5.66. The number of nitrogens with zero attached hydrogens (tertiary/aromatic N) is 5. The molecule has 6 nitrogen and oxygen atoms in total. The monoisotopic (exact) mass is 447 g/mol. The molecule has 0 N–H and O–H groups in total. The minimum atomic E-state index is -0.198. The van der Waals surface area contributed by atoms with Crippen LogP contribution in [0, 0.1) is 0 Å². The van der Waals surface area contributed by atoms with E-state index in [0.29, 0.717) is 23.0 Å². The highest BCUT2D eigenvalue weighted by atomic mass is 16.4. The molecule has 0 saturated carbocycles. The van der Waals surface area contributed by atoms with Crippen LogP contribution in [0.25, 0.3) is 16.9 Å². The Morgan fingerprint density at radius 1 is 0.879 bits per heavy atom. The van der Waals surface area contributed by atoms with E-state index in [2.05, 4.69) is 101 Å². The number of oxazole rings is 1. The lowest BCUT2D eigenvalue weighted by molar-refractivity contribution is 0.358. The Labute approximate surface area is 196 Å². The average molecular weight is 448 g/mol. The molecule has 4 heterocycles. The van der Waals surface area contributed by atoms with Gasteiger partial charge in [-0.25, -0.2) is 15.0 Å². The second-order valence-corrected chi connectivity index (χ2v) is 11.9. The maximum Gasteiger partial charge on any atom is 0.202 e. The Kier molecular flexibility index (Phi) is 5.62. The smallest absolute Gasteiger partial charge is 0.202 e. The predicted molar refractivity (Wildman–Crippen MR) is 133 cm³/mol. The maximum absolute atomic E-state index is 5.88.